The van der Waals surface area contributed by atoms with Crippen LogP contribution in [-0.2, 0) is 4.74 Å². The number of rotatable bonds is 4. The largest absolute Gasteiger partial charge is 0.484 e. The number of aryl methyl sites for hydroxylation is 1. The SMILES string of the molecule is Cc1ccc(O[C@H]2COCC[C@H]2NC(=O)c2ccn3cnnc3c2)cn1. The van der Waals surface area contributed by atoms with Gasteiger partial charge in [0, 0.05) is 24.1 Å². The molecule has 3 aromatic heterocycles. The number of nitrogens with zero attached hydrogens (tertiary/aromatic N) is 4. The van der Waals surface area contributed by atoms with Crippen LogP contribution in [0, 0.1) is 6.92 Å². The summed E-state index contributed by atoms with van der Waals surface area (Å²) < 4.78 is 13.3. The number of carbonyl (C=O) groups is 1. The molecule has 1 N–H and O–H groups in total. The van der Waals surface area contributed by atoms with E-state index in [1.807, 2.05) is 19.1 Å². The molecule has 0 aromatic carbocycles. The molecule has 0 radical (unpaired) electrons. The molecule has 4 rings (SSSR count). The van der Waals surface area contributed by atoms with E-state index in [4.69, 9.17) is 9.47 Å². The maximum absolute atomic E-state index is 12.6. The Morgan fingerprint density at radius 3 is 3.15 bits per heavy atom. The van der Waals surface area contributed by atoms with Gasteiger partial charge < -0.3 is 14.8 Å². The van der Waals surface area contributed by atoms with Crippen molar-refractivity contribution in [2.75, 3.05) is 13.2 Å². The van der Waals surface area contributed by atoms with Crippen LogP contribution in [0.4, 0.5) is 0 Å². The van der Waals surface area contributed by atoms with Gasteiger partial charge in [0.1, 0.15) is 18.2 Å². The van der Waals surface area contributed by atoms with Gasteiger partial charge in [0.05, 0.1) is 18.8 Å². The van der Waals surface area contributed by atoms with Crippen molar-refractivity contribution in [3.63, 3.8) is 0 Å². The molecule has 3 aromatic rings. The standard InChI is InChI=1S/C18H19N5O3/c1-12-2-3-14(9-19-12)26-16-10-25-7-5-15(16)21-18(24)13-4-6-23-11-20-22-17(23)8-13/h2-4,6,8-9,11,15-16H,5,7,10H2,1H3,(H,21,24)/t15-,16+/m1/s1. The second-order valence-corrected chi connectivity index (χ2v) is 6.25. The molecule has 1 fully saturated rings. The third-order valence-corrected chi connectivity index (χ3v) is 4.35. The van der Waals surface area contributed by atoms with Gasteiger partial charge in [-0.15, -0.1) is 10.2 Å². The van der Waals surface area contributed by atoms with Crippen LogP contribution in [0.1, 0.15) is 22.5 Å². The lowest BCUT2D eigenvalue weighted by Gasteiger charge is -2.32. The number of carbonyl (C=O) groups excluding carboxylic acids is 1. The second-order valence-electron chi connectivity index (χ2n) is 6.25. The lowest BCUT2D eigenvalue weighted by molar-refractivity contribution is -0.0136. The van der Waals surface area contributed by atoms with Gasteiger partial charge in [0.2, 0.25) is 0 Å². The first kappa shape index (κ1) is 16.5. The fourth-order valence-electron chi connectivity index (χ4n) is 2.90. The van der Waals surface area contributed by atoms with E-state index in [1.165, 1.54) is 0 Å². The molecule has 0 saturated carbocycles. The third-order valence-electron chi connectivity index (χ3n) is 4.35. The minimum Gasteiger partial charge on any atom is -0.484 e. The fourth-order valence-corrected chi connectivity index (χ4v) is 2.90. The van der Waals surface area contributed by atoms with E-state index >= 15 is 0 Å². The number of fused-ring (bicyclic) bond motifs is 1. The van der Waals surface area contributed by atoms with Crippen LogP contribution in [0.15, 0.2) is 43.0 Å². The van der Waals surface area contributed by atoms with Crippen LogP contribution in [0.3, 0.4) is 0 Å². The molecule has 1 saturated heterocycles. The minimum absolute atomic E-state index is 0.147. The number of hydrogen-bond acceptors (Lipinski definition) is 6. The lowest BCUT2D eigenvalue weighted by Crippen LogP contribution is -2.51. The Labute approximate surface area is 150 Å². The van der Waals surface area contributed by atoms with Gasteiger partial charge in [-0.25, -0.2) is 0 Å². The molecule has 8 nitrogen and oxygen atoms in total. The monoisotopic (exact) mass is 353 g/mol. The zero-order valence-electron chi connectivity index (χ0n) is 14.3. The molecule has 0 aliphatic carbocycles. The summed E-state index contributed by atoms with van der Waals surface area (Å²) in [5.41, 5.74) is 2.09. The molecule has 4 heterocycles. The molecule has 1 aliphatic rings. The van der Waals surface area contributed by atoms with E-state index in [2.05, 4.69) is 20.5 Å². The summed E-state index contributed by atoms with van der Waals surface area (Å²) in [6.45, 7) is 2.92. The molecule has 0 spiro atoms. The summed E-state index contributed by atoms with van der Waals surface area (Å²) in [5.74, 6) is 0.494. The summed E-state index contributed by atoms with van der Waals surface area (Å²) in [7, 11) is 0. The van der Waals surface area contributed by atoms with E-state index in [1.54, 1.807) is 35.3 Å². The van der Waals surface area contributed by atoms with Crippen LogP contribution < -0.4 is 10.1 Å². The van der Waals surface area contributed by atoms with Crippen molar-refractivity contribution in [1.29, 1.82) is 0 Å². The summed E-state index contributed by atoms with van der Waals surface area (Å²) in [6, 6.07) is 7.06. The predicted octanol–water partition coefficient (Wildman–Crippen LogP) is 1.40. The first-order valence-corrected chi connectivity index (χ1v) is 8.46. The molecule has 134 valence electrons. The van der Waals surface area contributed by atoms with Crippen LogP contribution in [-0.4, -0.2) is 50.8 Å². The molecule has 26 heavy (non-hydrogen) atoms. The van der Waals surface area contributed by atoms with Crippen molar-refractivity contribution in [3.05, 3.63) is 54.2 Å². The molecule has 2 atom stereocenters. The van der Waals surface area contributed by atoms with E-state index in [-0.39, 0.29) is 18.1 Å². The van der Waals surface area contributed by atoms with Crippen molar-refractivity contribution in [1.82, 2.24) is 24.9 Å². The Morgan fingerprint density at radius 2 is 2.31 bits per heavy atom. The highest BCUT2D eigenvalue weighted by Crippen LogP contribution is 2.18. The Kier molecular flexibility index (Phi) is 4.49. The van der Waals surface area contributed by atoms with Gasteiger partial charge in [0.25, 0.3) is 5.91 Å². The van der Waals surface area contributed by atoms with Gasteiger partial charge in [-0.05, 0) is 37.6 Å². The molecular formula is C18H19N5O3. The van der Waals surface area contributed by atoms with E-state index in [9.17, 15) is 4.79 Å². The summed E-state index contributed by atoms with van der Waals surface area (Å²) in [5, 5.41) is 10.8. The van der Waals surface area contributed by atoms with Crippen molar-refractivity contribution in [3.8, 4) is 5.75 Å². The predicted molar refractivity (Wildman–Crippen MR) is 93.1 cm³/mol. The maximum Gasteiger partial charge on any atom is 0.251 e. The number of pyridine rings is 2. The molecule has 1 aliphatic heterocycles. The summed E-state index contributed by atoms with van der Waals surface area (Å²) in [6.07, 6.45) is 5.45. The van der Waals surface area contributed by atoms with E-state index in [0.29, 0.717) is 36.6 Å². The third kappa shape index (κ3) is 3.50. The first-order chi connectivity index (χ1) is 12.7. The topological polar surface area (TPSA) is 90.6 Å². The Bertz CT molecular complexity index is 909. The molecule has 1 amide bonds. The second kappa shape index (κ2) is 7.09. The maximum atomic E-state index is 12.6. The fraction of sp³-hybridized carbons (Fsp3) is 0.333. The quantitative estimate of drug-likeness (QED) is 0.762. The number of amides is 1. The molecule has 0 unspecified atom stereocenters. The van der Waals surface area contributed by atoms with Crippen molar-refractivity contribution in [2.45, 2.75) is 25.5 Å². The van der Waals surface area contributed by atoms with Crippen molar-refractivity contribution < 1.29 is 14.3 Å². The van der Waals surface area contributed by atoms with E-state index in [0.717, 1.165) is 5.69 Å². The number of ether oxygens (including phenoxy) is 2. The molecular weight excluding hydrogens is 334 g/mol. The van der Waals surface area contributed by atoms with Crippen molar-refractivity contribution in [2.24, 2.45) is 0 Å². The number of hydrogen-bond donors (Lipinski definition) is 1. The average molecular weight is 353 g/mol. The van der Waals surface area contributed by atoms with Crippen LogP contribution in [0.2, 0.25) is 0 Å². The van der Waals surface area contributed by atoms with Crippen LogP contribution in [0.5, 0.6) is 5.75 Å². The van der Waals surface area contributed by atoms with Gasteiger partial charge in [-0.1, -0.05) is 0 Å². The highest BCUT2D eigenvalue weighted by atomic mass is 16.5. The van der Waals surface area contributed by atoms with Crippen LogP contribution in [0.25, 0.3) is 5.65 Å². The van der Waals surface area contributed by atoms with Gasteiger partial charge >= 0.3 is 0 Å². The van der Waals surface area contributed by atoms with Crippen LogP contribution >= 0.6 is 0 Å². The first-order valence-electron chi connectivity index (χ1n) is 8.46. The Balaban J connectivity index is 1.47. The normalized spacial score (nSPS) is 20.0. The lowest BCUT2D eigenvalue weighted by atomic mass is 10.1. The average Bonchev–Trinajstić information content (AvgIpc) is 3.13. The number of nitrogens with one attached hydrogen (secondary N) is 1. The van der Waals surface area contributed by atoms with E-state index < -0.39 is 0 Å². The molecule has 0 bridgehead atoms. The van der Waals surface area contributed by atoms with Crippen molar-refractivity contribution >= 4 is 11.6 Å². The minimum atomic E-state index is -0.269. The zero-order chi connectivity index (χ0) is 17.9. The van der Waals surface area contributed by atoms with Gasteiger partial charge in [-0.3, -0.25) is 14.2 Å². The zero-order valence-corrected chi connectivity index (χ0v) is 14.3. The van der Waals surface area contributed by atoms with Gasteiger partial charge in [0.15, 0.2) is 5.65 Å². The number of aromatic nitrogens is 4. The summed E-state index contributed by atoms with van der Waals surface area (Å²) in [4.78, 5) is 16.9. The molecule has 8 heteroatoms. The smallest absolute Gasteiger partial charge is 0.251 e. The highest BCUT2D eigenvalue weighted by molar-refractivity contribution is 5.95. The Hall–Kier alpha value is -3.00. The summed E-state index contributed by atoms with van der Waals surface area (Å²) >= 11 is 0. The van der Waals surface area contributed by atoms with Gasteiger partial charge in [-0.2, -0.15) is 0 Å². The highest BCUT2D eigenvalue weighted by Gasteiger charge is 2.29. The Morgan fingerprint density at radius 1 is 1.38 bits per heavy atom.